The second-order valence-corrected chi connectivity index (χ2v) is 6.94. The van der Waals surface area contributed by atoms with Crippen molar-refractivity contribution >= 4 is 17.6 Å². The number of benzene rings is 2. The van der Waals surface area contributed by atoms with Crippen LogP contribution in [0.25, 0.3) is 0 Å². The summed E-state index contributed by atoms with van der Waals surface area (Å²) in [4.78, 5) is 16.2. The van der Waals surface area contributed by atoms with Crippen LogP contribution in [0, 0.1) is 0 Å². The van der Waals surface area contributed by atoms with Crippen molar-refractivity contribution < 1.29 is 23.0 Å². The van der Waals surface area contributed by atoms with Crippen LogP contribution in [-0.4, -0.2) is 38.7 Å². The van der Waals surface area contributed by atoms with Crippen LogP contribution in [0.15, 0.2) is 47.5 Å². The molecule has 0 aliphatic carbocycles. The molecule has 2 aromatic carbocycles. The van der Waals surface area contributed by atoms with Crippen molar-refractivity contribution in [3.8, 4) is 11.5 Å². The molecule has 0 aromatic heterocycles. The minimum Gasteiger partial charge on any atom is -0.490 e. The molecule has 1 amide bonds. The lowest BCUT2D eigenvalue weighted by Gasteiger charge is -2.26. The summed E-state index contributed by atoms with van der Waals surface area (Å²) >= 11 is 0. The molecule has 1 unspecified atom stereocenters. The van der Waals surface area contributed by atoms with Crippen molar-refractivity contribution in [2.45, 2.75) is 32.4 Å². The third-order valence-corrected chi connectivity index (χ3v) is 4.83. The predicted molar refractivity (Wildman–Crippen MR) is 115 cm³/mol. The molecular weight excluding hydrogens is 406 g/mol. The highest BCUT2D eigenvalue weighted by Crippen LogP contribution is 2.31. The lowest BCUT2D eigenvalue weighted by molar-refractivity contribution is -0.116. The molecule has 166 valence electrons. The first-order valence-corrected chi connectivity index (χ1v) is 10.0. The molecule has 3 rings (SSSR count). The standard InChI is InChI=1S/C22H26F2N4O3/c1-3-30-19-10-14(8-9-18(19)31-21(23)24)12-26-22(25-2)27-13-15-11-20(29)28-17-7-5-4-6-16(15)17/h4-10,15,21H,3,11-13H2,1-2H3,(H,28,29)(H2,25,26,27). The number of fused-ring (bicyclic) bond motifs is 1. The molecule has 1 atom stereocenters. The normalized spacial score (nSPS) is 15.8. The summed E-state index contributed by atoms with van der Waals surface area (Å²) in [5.41, 5.74) is 2.74. The number of para-hydroxylation sites is 1. The van der Waals surface area contributed by atoms with Crippen molar-refractivity contribution in [2.24, 2.45) is 4.99 Å². The maximum Gasteiger partial charge on any atom is 0.387 e. The third kappa shape index (κ3) is 6.07. The van der Waals surface area contributed by atoms with Crippen molar-refractivity contribution in [3.05, 3.63) is 53.6 Å². The molecule has 0 radical (unpaired) electrons. The number of ether oxygens (including phenoxy) is 2. The number of anilines is 1. The highest BCUT2D eigenvalue weighted by Gasteiger charge is 2.24. The maximum atomic E-state index is 12.6. The average molecular weight is 432 g/mol. The number of hydrogen-bond donors (Lipinski definition) is 3. The summed E-state index contributed by atoms with van der Waals surface area (Å²) in [6.07, 6.45) is 0.393. The van der Waals surface area contributed by atoms with Crippen LogP contribution in [-0.2, 0) is 11.3 Å². The number of alkyl halides is 2. The van der Waals surface area contributed by atoms with Gasteiger partial charge >= 0.3 is 6.61 Å². The van der Waals surface area contributed by atoms with E-state index >= 15 is 0 Å². The van der Waals surface area contributed by atoms with Gasteiger partial charge in [-0.25, -0.2) is 0 Å². The lowest BCUT2D eigenvalue weighted by atomic mass is 9.90. The van der Waals surface area contributed by atoms with Gasteiger partial charge in [0.25, 0.3) is 0 Å². The smallest absolute Gasteiger partial charge is 0.387 e. The van der Waals surface area contributed by atoms with Crippen LogP contribution < -0.4 is 25.4 Å². The second kappa shape index (κ2) is 10.6. The fraction of sp³-hybridized carbons (Fsp3) is 0.364. The van der Waals surface area contributed by atoms with Gasteiger partial charge < -0.3 is 25.4 Å². The Kier molecular flexibility index (Phi) is 7.64. The van der Waals surface area contributed by atoms with Crippen LogP contribution in [0.1, 0.15) is 30.4 Å². The number of halogens is 2. The molecule has 0 fully saturated rings. The molecule has 0 saturated carbocycles. The van der Waals surface area contributed by atoms with Crippen molar-refractivity contribution in [3.63, 3.8) is 0 Å². The Bertz CT molecular complexity index is 937. The summed E-state index contributed by atoms with van der Waals surface area (Å²) in [6, 6.07) is 12.5. The Labute approximate surface area is 179 Å². The summed E-state index contributed by atoms with van der Waals surface area (Å²) in [5.74, 6) is 0.836. The number of carbonyl (C=O) groups excluding carboxylic acids is 1. The van der Waals surface area contributed by atoms with Gasteiger partial charge in [0.2, 0.25) is 5.91 Å². The van der Waals surface area contributed by atoms with E-state index in [2.05, 4.69) is 25.7 Å². The van der Waals surface area contributed by atoms with E-state index in [1.165, 1.54) is 6.07 Å². The molecular formula is C22H26F2N4O3. The quantitative estimate of drug-likeness (QED) is 0.439. The van der Waals surface area contributed by atoms with Gasteiger partial charge in [0, 0.05) is 38.2 Å². The van der Waals surface area contributed by atoms with E-state index in [0.29, 0.717) is 32.1 Å². The molecule has 0 saturated heterocycles. The summed E-state index contributed by atoms with van der Waals surface area (Å²) in [7, 11) is 1.65. The fourth-order valence-electron chi connectivity index (χ4n) is 3.43. The molecule has 2 aromatic rings. The number of amides is 1. The molecule has 1 aliphatic heterocycles. The largest absolute Gasteiger partial charge is 0.490 e. The zero-order valence-corrected chi connectivity index (χ0v) is 17.5. The Hall–Kier alpha value is -3.36. The molecule has 1 heterocycles. The molecule has 31 heavy (non-hydrogen) atoms. The SMILES string of the molecule is CCOc1cc(CNC(=NC)NCC2CC(=O)Nc3ccccc32)ccc1OC(F)F. The first kappa shape index (κ1) is 22.3. The Morgan fingerprint density at radius 1 is 1.23 bits per heavy atom. The highest BCUT2D eigenvalue weighted by atomic mass is 19.3. The zero-order valence-electron chi connectivity index (χ0n) is 17.5. The first-order chi connectivity index (χ1) is 15.0. The van der Waals surface area contributed by atoms with Gasteiger partial charge in [0.1, 0.15) is 0 Å². The molecule has 0 spiro atoms. The van der Waals surface area contributed by atoms with E-state index in [-0.39, 0.29) is 23.3 Å². The summed E-state index contributed by atoms with van der Waals surface area (Å²) in [5, 5.41) is 9.32. The Morgan fingerprint density at radius 2 is 2.03 bits per heavy atom. The molecule has 9 heteroatoms. The van der Waals surface area contributed by atoms with Crippen LogP contribution in [0.5, 0.6) is 11.5 Å². The van der Waals surface area contributed by atoms with Crippen LogP contribution >= 0.6 is 0 Å². The Morgan fingerprint density at radius 3 is 2.77 bits per heavy atom. The van der Waals surface area contributed by atoms with Crippen LogP contribution in [0.3, 0.4) is 0 Å². The molecule has 0 bridgehead atoms. The number of rotatable bonds is 8. The van der Waals surface area contributed by atoms with E-state index in [4.69, 9.17) is 4.74 Å². The van der Waals surface area contributed by atoms with Gasteiger partial charge in [-0.3, -0.25) is 9.79 Å². The maximum absolute atomic E-state index is 12.6. The van der Waals surface area contributed by atoms with E-state index < -0.39 is 6.61 Å². The highest BCUT2D eigenvalue weighted by molar-refractivity contribution is 5.94. The minimum absolute atomic E-state index is 0.00246. The third-order valence-electron chi connectivity index (χ3n) is 4.83. The van der Waals surface area contributed by atoms with Crippen molar-refractivity contribution in [2.75, 3.05) is 25.5 Å². The second-order valence-electron chi connectivity index (χ2n) is 6.94. The van der Waals surface area contributed by atoms with E-state index in [0.717, 1.165) is 16.8 Å². The topological polar surface area (TPSA) is 84.0 Å². The van der Waals surface area contributed by atoms with E-state index in [1.54, 1.807) is 26.1 Å². The fourth-order valence-corrected chi connectivity index (χ4v) is 3.43. The average Bonchev–Trinajstić information content (AvgIpc) is 2.75. The summed E-state index contributed by atoms with van der Waals surface area (Å²) in [6.45, 7) is 0.118. The van der Waals surface area contributed by atoms with Gasteiger partial charge in [0.05, 0.1) is 6.61 Å². The first-order valence-electron chi connectivity index (χ1n) is 10.0. The van der Waals surface area contributed by atoms with E-state index in [9.17, 15) is 13.6 Å². The predicted octanol–water partition coefficient (Wildman–Crippen LogP) is 3.48. The van der Waals surface area contributed by atoms with Crippen LogP contribution in [0.4, 0.5) is 14.5 Å². The lowest BCUT2D eigenvalue weighted by Crippen LogP contribution is -2.40. The van der Waals surface area contributed by atoms with Gasteiger partial charge in [-0.15, -0.1) is 0 Å². The number of carbonyl (C=O) groups is 1. The number of nitrogens with zero attached hydrogens (tertiary/aromatic N) is 1. The van der Waals surface area contributed by atoms with Gasteiger partial charge in [-0.1, -0.05) is 24.3 Å². The number of aliphatic imine (C=N–C) groups is 1. The number of hydrogen-bond acceptors (Lipinski definition) is 4. The van der Waals surface area contributed by atoms with Gasteiger partial charge in [-0.05, 0) is 36.2 Å². The van der Waals surface area contributed by atoms with Crippen molar-refractivity contribution in [1.82, 2.24) is 10.6 Å². The minimum atomic E-state index is -2.92. The zero-order chi connectivity index (χ0) is 22.2. The molecule has 7 nitrogen and oxygen atoms in total. The Balaban J connectivity index is 1.60. The summed E-state index contributed by atoms with van der Waals surface area (Å²) < 4.78 is 35.0. The van der Waals surface area contributed by atoms with E-state index in [1.807, 2.05) is 24.3 Å². The molecule has 1 aliphatic rings. The number of nitrogens with one attached hydrogen (secondary N) is 3. The van der Waals surface area contributed by atoms with Crippen molar-refractivity contribution in [1.29, 1.82) is 0 Å². The molecule has 3 N–H and O–H groups in total. The van der Waals surface area contributed by atoms with Gasteiger partial charge in [-0.2, -0.15) is 8.78 Å². The van der Waals surface area contributed by atoms with Crippen LogP contribution in [0.2, 0.25) is 0 Å². The van der Waals surface area contributed by atoms with Gasteiger partial charge in [0.15, 0.2) is 17.5 Å². The number of guanidine groups is 1. The monoisotopic (exact) mass is 432 g/mol.